The largest absolute Gasteiger partial charge is 0.393 e. The van der Waals surface area contributed by atoms with Gasteiger partial charge in [0, 0.05) is 7.11 Å². The molecule has 0 aromatic carbocycles. The number of hydrogen-bond donors (Lipinski definition) is 1. The molecule has 8 atom stereocenters. The van der Waals surface area contributed by atoms with Crippen LogP contribution in [-0.2, 0) is 4.74 Å². The van der Waals surface area contributed by atoms with Gasteiger partial charge in [-0.1, -0.05) is 32.4 Å². The van der Waals surface area contributed by atoms with Crippen LogP contribution >= 0.6 is 0 Å². The van der Waals surface area contributed by atoms with E-state index in [1.807, 2.05) is 7.11 Å². The maximum absolute atomic E-state index is 10.2. The summed E-state index contributed by atoms with van der Waals surface area (Å²) >= 11 is 0. The summed E-state index contributed by atoms with van der Waals surface area (Å²) < 4.78 is 5.70. The van der Waals surface area contributed by atoms with E-state index in [4.69, 9.17) is 4.74 Å². The smallest absolute Gasteiger partial charge is 0.0622 e. The molecule has 0 saturated heterocycles. The summed E-state index contributed by atoms with van der Waals surface area (Å²) in [5.74, 6) is 4.32. The Morgan fingerprint density at radius 1 is 1.14 bits per heavy atom. The van der Waals surface area contributed by atoms with Crippen LogP contribution in [0.5, 0.6) is 0 Å². The van der Waals surface area contributed by atoms with Crippen LogP contribution in [0.2, 0.25) is 0 Å². The number of hydrogen-bond acceptors (Lipinski definition) is 2. The van der Waals surface area contributed by atoms with Crippen LogP contribution in [0, 0.1) is 40.4 Å². The molecule has 0 aromatic rings. The Bertz CT molecular complexity index is 636. The number of rotatable bonds is 5. The number of fused-ring (bicyclic) bond motifs is 5. The predicted molar refractivity (Wildman–Crippen MR) is 121 cm³/mol. The standard InChI is InChI=1S/C27H46O2/c1-18(11-14-25(2,3)29-6)22-9-10-23-21-8-7-19-17-20(28)12-15-26(19,4)24(21)13-16-27(22,23)5/h7,18,20-24,28H,8-17H2,1-6H3/t18-,20+,21?,22-,23?,24?,26+,27-/m1/s1. The van der Waals surface area contributed by atoms with Gasteiger partial charge in [-0.2, -0.15) is 0 Å². The summed E-state index contributed by atoms with van der Waals surface area (Å²) in [5.41, 5.74) is 2.52. The fourth-order valence-electron chi connectivity index (χ4n) is 8.50. The molecule has 0 heterocycles. The van der Waals surface area contributed by atoms with Crippen LogP contribution in [0.1, 0.15) is 98.8 Å². The zero-order valence-electron chi connectivity index (χ0n) is 20.0. The fraction of sp³-hybridized carbons (Fsp3) is 0.926. The number of allylic oxidation sites excluding steroid dienone is 1. The van der Waals surface area contributed by atoms with E-state index in [0.29, 0.717) is 10.8 Å². The quantitative estimate of drug-likeness (QED) is 0.514. The van der Waals surface area contributed by atoms with Crippen LogP contribution in [0.25, 0.3) is 0 Å². The van der Waals surface area contributed by atoms with Crippen LogP contribution < -0.4 is 0 Å². The Balaban J connectivity index is 1.50. The molecule has 3 unspecified atom stereocenters. The van der Waals surface area contributed by atoms with Gasteiger partial charge in [-0.15, -0.1) is 0 Å². The molecule has 0 amide bonds. The van der Waals surface area contributed by atoms with Crippen molar-refractivity contribution >= 4 is 0 Å². The summed E-state index contributed by atoms with van der Waals surface area (Å²) in [4.78, 5) is 0. The molecule has 4 aliphatic rings. The summed E-state index contributed by atoms with van der Waals surface area (Å²) in [6, 6.07) is 0. The molecule has 2 nitrogen and oxygen atoms in total. The topological polar surface area (TPSA) is 29.5 Å². The number of ether oxygens (including phenoxy) is 1. The third kappa shape index (κ3) is 3.65. The normalized spacial score (nSPS) is 45.8. The minimum Gasteiger partial charge on any atom is -0.393 e. The Morgan fingerprint density at radius 2 is 1.90 bits per heavy atom. The van der Waals surface area contributed by atoms with Gasteiger partial charge in [0.1, 0.15) is 0 Å². The first-order valence-corrected chi connectivity index (χ1v) is 12.5. The van der Waals surface area contributed by atoms with E-state index < -0.39 is 0 Å². The summed E-state index contributed by atoms with van der Waals surface area (Å²) in [5, 5.41) is 10.2. The second-order valence-corrected chi connectivity index (χ2v) is 12.4. The van der Waals surface area contributed by atoms with Crippen molar-refractivity contribution in [3.05, 3.63) is 11.6 Å². The molecule has 29 heavy (non-hydrogen) atoms. The number of aliphatic hydroxyl groups is 1. The van der Waals surface area contributed by atoms with E-state index in [9.17, 15) is 5.11 Å². The Morgan fingerprint density at radius 3 is 2.62 bits per heavy atom. The van der Waals surface area contributed by atoms with Gasteiger partial charge in [0.05, 0.1) is 11.7 Å². The van der Waals surface area contributed by atoms with E-state index >= 15 is 0 Å². The van der Waals surface area contributed by atoms with E-state index in [-0.39, 0.29) is 11.7 Å². The lowest BCUT2D eigenvalue weighted by Crippen LogP contribution is -2.50. The van der Waals surface area contributed by atoms with Gasteiger partial charge in [-0.3, -0.25) is 0 Å². The van der Waals surface area contributed by atoms with Crippen LogP contribution in [0.3, 0.4) is 0 Å². The molecule has 0 aliphatic heterocycles. The molecule has 4 rings (SSSR count). The van der Waals surface area contributed by atoms with Gasteiger partial charge in [0.15, 0.2) is 0 Å². The zero-order chi connectivity index (χ0) is 21.0. The molecule has 4 aliphatic carbocycles. The number of aliphatic hydroxyl groups excluding tert-OH is 1. The fourth-order valence-corrected chi connectivity index (χ4v) is 8.50. The maximum Gasteiger partial charge on any atom is 0.0622 e. The van der Waals surface area contributed by atoms with Crippen LogP contribution in [0.15, 0.2) is 11.6 Å². The monoisotopic (exact) mass is 402 g/mol. The molecule has 1 N–H and O–H groups in total. The third-order valence-corrected chi connectivity index (χ3v) is 10.6. The minimum absolute atomic E-state index is 0.00946. The molecule has 0 bridgehead atoms. The lowest BCUT2D eigenvalue weighted by Gasteiger charge is -2.58. The highest BCUT2D eigenvalue weighted by Gasteiger charge is 2.59. The molecule has 2 heteroatoms. The van der Waals surface area contributed by atoms with Gasteiger partial charge in [0.2, 0.25) is 0 Å². The molecule has 0 spiro atoms. The second kappa shape index (κ2) is 7.66. The van der Waals surface area contributed by atoms with Crippen molar-refractivity contribution in [2.24, 2.45) is 40.4 Å². The van der Waals surface area contributed by atoms with Crippen LogP contribution in [0.4, 0.5) is 0 Å². The SMILES string of the molecule is COC(C)(C)CC[C@@H](C)[C@H]1CCC2C3CC=C4C[C@@H](O)CC[C@]4(C)C3CC[C@@]21C. The lowest BCUT2D eigenvalue weighted by atomic mass is 9.47. The first-order valence-electron chi connectivity index (χ1n) is 12.5. The van der Waals surface area contributed by atoms with Crippen molar-refractivity contribution < 1.29 is 9.84 Å². The van der Waals surface area contributed by atoms with Crippen LogP contribution in [-0.4, -0.2) is 23.9 Å². The predicted octanol–water partition coefficient (Wildman–Crippen LogP) is 6.77. The van der Waals surface area contributed by atoms with Gasteiger partial charge in [0.25, 0.3) is 0 Å². The van der Waals surface area contributed by atoms with Crippen molar-refractivity contribution in [1.82, 2.24) is 0 Å². The van der Waals surface area contributed by atoms with E-state index in [1.165, 1.54) is 51.4 Å². The minimum atomic E-state index is -0.0900. The van der Waals surface area contributed by atoms with E-state index in [1.54, 1.807) is 5.57 Å². The highest BCUT2D eigenvalue weighted by Crippen LogP contribution is 2.67. The molecular formula is C27H46O2. The highest BCUT2D eigenvalue weighted by atomic mass is 16.5. The molecule has 0 radical (unpaired) electrons. The average molecular weight is 403 g/mol. The average Bonchev–Trinajstić information content (AvgIpc) is 3.04. The van der Waals surface area contributed by atoms with Crippen molar-refractivity contribution in [2.75, 3.05) is 7.11 Å². The third-order valence-electron chi connectivity index (χ3n) is 10.6. The Labute approximate surface area is 179 Å². The van der Waals surface area contributed by atoms with Gasteiger partial charge >= 0.3 is 0 Å². The van der Waals surface area contributed by atoms with Gasteiger partial charge in [-0.25, -0.2) is 0 Å². The molecular weight excluding hydrogens is 356 g/mol. The Kier molecular flexibility index (Phi) is 5.78. The first kappa shape index (κ1) is 21.9. The Hall–Kier alpha value is -0.340. The summed E-state index contributed by atoms with van der Waals surface area (Å²) in [6.45, 7) is 12.2. The molecule has 166 valence electrons. The van der Waals surface area contributed by atoms with Gasteiger partial charge in [-0.05, 0) is 118 Å². The van der Waals surface area contributed by atoms with E-state index in [2.05, 4.69) is 40.7 Å². The van der Waals surface area contributed by atoms with Crippen molar-refractivity contribution in [3.63, 3.8) is 0 Å². The lowest BCUT2D eigenvalue weighted by molar-refractivity contribution is -0.0593. The first-order chi connectivity index (χ1) is 13.6. The summed E-state index contributed by atoms with van der Waals surface area (Å²) in [6.07, 6.45) is 15.1. The molecule has 3 fully saturated rings. The maximum atomic E-state index is 10.2. The van der Waals surface area contributed by atoms with E-state index in [0.717, 1.165) is 42.4 Å². The van der Waals surface area contributed by atoms with Crippen molar-refractivity contribution in [1.29, 1.82) is 0 Å². The van der Waals surface area contributed by atoms with Crippen molar-refractivity contribution in [2.45, 2.75) is 111 Å². The number of methoxy groups -OCH3 is 1. The molecule has 0 aromatic heterocycles. The molecule has 3 saturated carbocycles. The second-order valence-electron chi connectivity index (χ2n) is 12.4. The van der Waals surface area contributed by atoms with Crippen molar-refractivity contribution in [3.8, 4) is 0 Å². The zero-order valence-corrected chi connectivity index (χ0v) is 20.0. The summed E-state index contributed by atoms with van der Waals surface area (Å²) in [7, 11) is 1.86. The highest BCUT2D eigenvalue weighted by molar-refractivity contribution is 5.25. The van der Waals surface area contributed by atoms with Gasteiger partial charge < -0.3 is 9.84 Å².